The lowest BCUT2D eigenvalue weighted by atomic mass is 9.80. The van der Waals surface area contributed by atoms with Crippen LogP contribution in [0.25, 0.3) is 0 Å². The van der Waals surface area contributed by atoms with E-state index in [1.54, 1.807) is 29.8 Å². The van der Waals surface area contributed by atoms with Crippen molar-refractivity contribution in [3.63, 3.8) is 0 Å². The molecule has 1 fully saturated rings. The van der Waals surface area contributed by atoms with Gasteiger partial charge in [-0.2, -0.15) is 0 Å². The molecule has 2 heterocycles. The van der Waals surface area contributed by atoms with Crippen LogP contribution in [0, 0.1) is 5.41 Å². The van der Waals surface area contributed by atoms with Gasteiger partial charge >= 0.3 is 11.9 Å². The molecule has 0 spiro atoms. The van der Waals surface area contributed by atoms with Crippen molar-refractivity contribution in [2.24, 2.45) is 5.41 Å². The van der Waals surface area contributed by atoms with E-state index in [9.17, 15) is 14.4 Å². The Hall–Kier alpha value is -2.58. The number of carboxylic acids is 2. The van der Waals surface area contributed by atoms with Crippen LogP contribution in [0.1, 0.15) is 26.2 Å². The van der Waals surface area contributed by atoms with E-state index in [1.807, 2.05) is 0 Å². The van der Waals surface area contributed by atoms with E-state index in [1.165, 1.54) is 25.2 Å². The molecule has 1 aromatic heterocycles. The van der Waals surface area contributed by atoms with E-state index in [2.05, 4.69) is 16.5 Å². The molecular weight excluding hydrogens is 433 g/mol. The van der Waals surface area contributed by atoms with E-state index < -0.39 is 17.4 Å². The van der Waals surface area contributed by atoms with Crippen molar-refractivity contribution in [2.75, 3.05) is 18.3 Å². The maximum Gasteiger partial charge on any atom is 0.331 e. The van der Waals surface area contributed by atoms with Gasteiger partial charge in [0, 0.05) is 42.7 Å². The number of nitrogens with zero attached hydrogens (tertiary/aromatic N) is 2. The molecule has 10 heteroatoms. The molecule has 0 saturated carbocycles. The van der Waals surface area contributed by atoms with Crippen LogP contribution in [-0.4, -0.2) is 61.2 Å². The van der Waals surface area contributed by atoms with Crippen molar-refractivity contribution in [2.45, 2.75) is 26.2 Å². The number of aliphatic carboxylic acids is 2. The van der Waals surface area contributed by atoms with E-state index >= 15 is 0 Å². The molecule has 0 aromatic carbocycles. The molecule has 1 amide bonds. The number of aromatic amines is 1. The number of alkyl halides is 2. The Labute approximate surface area is 185 Å². The Morgan fingerprint density at radius 3 is 2.33 bits per heavy atom. The molecule has 1 saturated heterocycles. The van der Waals surface area contributed by atoms with E-state index in [4.69, 9.17) is 33.4 Å². The number of amides is 1. The van der Waals surface area contributed by atoms with Crippen molar-refractivity contribution >= 4 is 41.0 Å². The summed E-state index contributed by atoms with van der Waals surface area (Å²) in [5.41, 5.74) is -0.949. The van der Waals surface area contributed by atoms with Gasteiger partial charge in [0.1, 0.15) is 0 Å². The minimum Gasteiger partial charge on any atom is -0.481 e. The molecule has 3 rings (SSSR count). The topological polar surface area (TPSA) is 124 Å². The SMILES string of the molecule is C=CN1CCCC1=O.CC1(C(=O)O)C=CC=C(C(=O)O)C1.ClCCCl.c1c[nH]cn1. The van der Waals surface area contributed by atoms with Crippen molar-refractivity contribution in [1.29, 1.82) is 0 Å². The second-order valence-corrected chi connectivity index (χ2v) is 7.02. The summed E-state index contributed by atoms with van der Waals surface area (Å²) in [4.78, 5) is 40.1. The maximum absolute atomic E-state index is 10.8. The Morgan fingerprint density at radius 1 is 1.37 bits per heavy atom. The summed E-state index contributed by atoms with van der Waals surface area (Å²) in [6.45, 7) is 5.86. The average molecular weight is 460 g/mol. The molecule has 3 N–H and O–H groups in total. The molecule has 0 bridgehead atoms. The lowest BCUT2D eigenvalue weighted by Gasteiger charge is -2.23. The number of rotatable bonds is 4. The normalized spacial score (nSPS) is 19.1. The summed E-state index contributed by atoms with van der Waals surface area (Å²) in [5, 5.41) is 17.5. The molecule has 30 heavy (non-hydrogen) atoms. The van der Waals surface area contributed by atoms with Crippen LogP contribution in [0.3, 0.4) is 0 Å². The predicted molar refractivity (Wildman–Crippen MR) is 116 cm³/mol. The number of carbonyl (C=O) groups excluding carboxylic acids is 1. The molecule has 1 aliphatic carbocycles. The molecule has 8 nitrogen and oxygen atoms in total. The summed E-state index contributed by atoms with van der Waals surface area (Å²) >= 11 is 10.1. The van der Waals surface area contributed by atoms with Crippen LogP contribution in [0.4, 0.5) is 0 Å². The standard InChI is InChI=1S/C9H10O4.C6H9NO.C3H4N2.C2H4Cl2/c1-9(8(12)13)4-2-3-6(5-9)7(10)11;1-2-7-5-3-4-6(7)8;1-2-5-3-4-1;3-1-2-4/h2-4H,5H2,1H3,(H,10,11)(H,12,13);2H,1,3-5H2;1-3H,(H,4,5);1-2H2. The first-order chi connectivity index (χ1) is 14.2. The van der Waals surface area contributed by atoms with Gasteiger partial charge in [0.15, 0.2) is 0 Å². The fourth-order valence-electron chi connectivity index (χ4n) is 2.26. The summed E-state index contributed by atoms with van der Waals surface area (Å²) in [7, 11) is 0. The zero-order chi connectivity index (χ0) is 23.0. The zero-order valence-electron chi connectivity index (χ0n) is 16.8. The van der Waals surface area contributed by atoms with Crippen molar-refractivity contribution in [3.05, 3.63) is 55.3 Å². The number of carboxylic acid groups (broad SMARTS) is 2. The molecule has 0 radical (unpaired) electrons. The number of hydrogen-bond donors (Lipinski definition) is 3. The van der Waals surface area contributed by atoms with Crippen LogP contribution in [0.15, 0.2) is 55.3 Å². The number of aromatic nitrogens is 2. The van der Waals surface area contributed by atoms with Crippen LogP contribution in [0.5, 0.6) is 0 Å². The second-order valence-electron chi connectivity index (χ2n) is 6.27. The summed E-state index contributed by atoms with van der Waals surface area (Å²) in [6, 6.07) is 0. The number of hydrogen-bond acceptors (Lipinski definition) is 4. The number of likely N-dealkylation sites (tertiary alicyclic amines) is 1. The van der Waals surface area contributed by atoms with Gasteiger partial charge in [-0.05, 0) is 26.0 Å². The molecule has 1 unspecified atom stereocenters. The lowest BCUT2D eigenvalue weighted by molar-refractivity contribution is -0.145. The number of imidazole rings is 1. The van der Waals surface area contributed by atoms with Crippen LogP contribution in [0.2, 0.25) is 0 Å². The monoisotopic (exact) mass is 459 g/mol. The third-order valence-corrected chi connectivity index (χ3v) is 4.46. The summed E-state index contributed by atoms with van der Waals surface area (Å²) in [6.07, 6.45) is 12.8. The first-order valence-electron chi connectivity index (χ1n) is 9.03. The van der Waals surface area contributed by atoms with Crippen molar-refractivity contribution in [1.82, 2.24) is 14.9 Å². The van der Waals surface area contributed by atoms with Crippen molar-refractivity contribution in [3.8, 4) is 0 Å². The molecule has 1 aliphatic heterocycles. The lowest BCUT2D eigenvalue weighted by Crippen LogP contribution is -2.28. The highest BCUT2D eigenvalue weighted by Crippen LogP contribution is 2.31. The minimum absolute atomic E-state index is 0.0359. The molecule has 166 valence electrons. The fourth-order valence-corrected chi connectivity index (χ4v) is 2.26. The second kappa shape index (κ2) is 15.3. The van der Waals surface area contributed by atoms with Gasteiger partial charge in [0.05, 0.1) is 11.7 Å². The highest BCUT2D eigenvalue weighted by Gasteiger charge is 2.34. The van der Waals surface area contributed by atoms with Gasteiger partial charge in [-0.1, -0.05) is 24.8 Å². The molecule has 1 atom stereocenters. The maximum atomic E-state index is 10.8. The van der Waals surface area contributed by atoms with Gasteiger partial charge < -0.3 is 20.1 Å². The summed E-state index contributed by atoms with van der Waals surface area (Å²) in [5.74, 6) is -0.740. The number of carbonyl (C=O) groups is 3. The highest BCUT2D eigenvalue weighted by molar-refractivity contribution is 6.25. The molecule has 2 aliphatic rings. The van der Waals surface area contributed by atoms with Gasteiger partial charge in [-0.15, -0.1) is 23.2 Å². The number of allylic oxidation sites excluding steroid dienone is 2. The third kappa shape index (κ3) is 10.8. The van der Waals surface area contributed by atoms with Crippen LogP contribution < -0.4 is 0 Å². The average Bonchev–Trinajstić information content (AvgIpc) is 3.43. The van der Waals surface area contributed by atoms with Crippen LogP contribution >= 0.6 is 23.2 Å². The Kier molecular flexibility index (Phi) is 14.0. The quantitative estimate of drug-likeness (QED) is 0.589. The highest BCUT2D eigenvalue weighted by atomic mass is 35.5. The Morgan fingerprint density at radius 2 is 2.03 bits per heavy atom. The predicted octanol–water partition coefficient (Wildman–Crippen LogP) is 3.67. The molecular formula is C20H27Cl2N3O5. The van der Waals surface area contributed by atoms with E-state index in [0.717, 1.165) is 13.0 Å². The number of nitrogens with one attached hydrogen (secondary N) is 1. The van der Waals surface area contributed by atoms with Gasteiger partial charge in [-0.3, -0.25) is 9.59 Å². The van der Waals surface area contributed by atoms with Crippen LogP contribution in [-0.2, 0) is 14.4 Å². The number of H-pyrrole nitrogens is 1. The first-order valence-corrected chi connectivity index (χ1v) is 10.1. The van der Waals surface area contributed by atoms with Gasteiger partial charge in [0.2, 0.25) is 5.91 Å². The molecule has 1 aromatic rings. The Balaban J connectivity index is 0.000000419. The largest absolute Gasteiger partial charge is 0.481 e. The smallest absolute Gasteiger partial charge is 0.331 e. The van der Waals surface area contributed by atoms with Crippen molar-refractivity contribution < 1.29 is 24.6 Å². The third-order valence-electron chi connectivity index (χ3n) is 3.89. The first kappa shape index (κ1) is 27.4. The summed E-state index contributed by atoms with van der Waals surface area (Å²) < 4.78 is 0. The van der Waals surface area contributed by atoms with E-state index in [-0.39, 0.29) is 17.9 Å². The number of halogens is 2. The zero-order valence-corrected chi connectivity index (χ0v) is 18.3. The Bertz CT molecular complexity index is 716. The van der Waals surface area contributed by atoms with E-state index in [0.29, 0.717) is 18.2 Å². The van der Waals surface area contributed by atoms with Gasteiger partial charge in [0.25, 0.3) is 0 Å². The van der Waals surface area contributed by atoms with Gasteiger partial charge in [-0.25, -0.2) is 9.78 Å². The fraction of sp³-hybridized carbons (Fsp3) is 0.400. The minimum atomic E-state index is -1.08.